The lowest BCUT2D eigenvalue weighted by atomic mass is 10.1. The number of nitrogens with zero attached hydrogens (tertiary/aromatic N) is 1. The number of nitrogens with one attached hydrogen (secondary N) is 1. The Kier molecular flexibility index (Phi) is 5.25. The Morgan fingerprint density at radius 3 is 2.79 bits per heavy atom. The second-order valence-electron chi connectivity index (χ2n) is 4.23. The highest BCUT2D eigenvalue weighted by molar-refractivity contribution is 5.93. The Bertz CT molecular complexity index is 476. The Balaban J connectivity index is 2.88. The summed E-state index contributed by atoms with van der Waals surface area (Å²) in [6.07, 6.45) is 0.222. The lowest BCUT2D eigenvalue weighted by molar-refractivity contribution is -0.384. The number of methoxy groups -OCH3 is 1. The Morgan fingerprint density at radius 2 is 2.26 bits per heavy atom. The van der Waals surface area contributed by atoms with Crippen LogP contribution in [0.3, 0.4) is 0 Å². The average Bonchev–Trinajstić information content (AvgIpc) is 2.38. The monoisotopic (exact) mass is 267 g/mol. The average molecular weight is 267 g/mol. The van der Waals surface area contributed by atoms with Crippen molar-refractivity contribution in [2.45, 2.75) is 13.3 Å². The molecule has 0 spiro atoms. The Hall–Kier alpha value is -2.15. The molecule has 1 amide bonds. The Labute approximate surface area is 110 Å². The van der Waals surface area contributed by atoms with E-state index >= 15 is 0 Å². The smallest absolute Gasteiger partial charge is 0.296 e. The summed E-state index contributed by atoms with van der Waals surface area (Å²) < 4.78 is 4.91. The molecule has 0 radical (unpaired) electrons. The minimum Gasteiger partial charge on any atom is -0.496 e. The van der Waals surface area contributed by atoms with Crippen LogP contribution in [0.15, 0.2) is 18.2 Å². The van der Waals surface area contributed by atoms with Crippen molar-refractivity contribution in [2.75, 3.05) is 19.0 Å². The van der Waals surface area contributed by atoms with Crippen LogP contribution in [-0.4, -0.2) is 24.5 Å². The second kappa shape index (κ2) is 6.69. The fourth-order valence-corrected chi connectivity index (χ4v) is 1.50. The molecule has 19 heavy (non-hydrogen) atoms. The van der Waals surface area contributed by atoms with Gasteiger partial charge in [-0.05, 0) is 24.6 Å². The molecule has 0 fully saturated rings. The van der Waals surface area contributed by atoms with E-state index in [9.17, 15) is 14.9 Å². The number of hydrogen-bond donors (Lipinski definition) is 2. The van der Waals surface area contributed by atoms with Crippen LogP contribution in [0.25, 0.3) is 0 Å². The number of nitrogens with two attached hydrogens (primary N) is 1. The molecule has 1 aromatic rings. The first-order chi connectivity index (χ1) is 8.97. The molecule has 0 bridgehead atoms. The summed E-state index contributed by atoms with van der Waals surface area (Å²) >= 11 is 0. The summed E-state index contributed by atoms with van der Waals surface area (Å²) in [6, 6.07) is 4.26. The van der Waals surface area contributed by atoms with E-state index in [0.29, 0.717) is 12.3 Å². The zero-order valence-electron chi connectivity index (χ0n) is 10.9. The number of carbonyl (C=O) groups is 1. The van der Waals surface area contributed by atoms with Gasteiger partial charge in [-0.25, -0.2) is 0 Å². The van der Waals surface area contributed by atoms with Gasteiger partial charge in [0.25, 0.3) is 5.69 Å². The van der Waals surface area contributed by atoms with Crippen LogP contribution in [0.5, 0.6) is 5.75 Å². The summed E-state index contributed by atoms with van der Waals surface area (Å²) in [6.45, 7) is 2.22. The zero-order chi connectivity index (χ0) is 14.4. The predicted octanol–water partition coefficient (Wildman–Crippen LogP) is 1.53. The molecule has 0 aliphatic carbocycles. The molecule has 1 aromatic carbocycles. The predicted molar refractivity (Wildman–Crippen MR) is 71.1 cm³/mol. The first-order valence-corrected chi connectivity index (χ1v) is 5.80. The zero-order valence-corrected chi connectivity index (χ0v) is 10.9. The van der Waals surface area contributed by atoms with Crippen molar-refractivity contribution in [3.63, 3.8) is 0 Å². The lowest BCUT2D eigenvalue weighted by Crippen LogP contribution is -2.20. The number of carbonyl (C=O) groups excluding carboxylic acids is 1. The number of benzene rings is 1. The van der Waals surface area contributed by atoms with Crippen molar-refractivity contribution in [3.05, 3.63) is 28.3 Å². The minimum atomic E-state index is -0.565. The highest BCUT2D eigenvalue weighted by Crippen LogP contribution is 2.29. The third kappa shape index (κ3) is 4.22. The summed E-state index contributed by atoms with van der Waals surface area (Å²) in [5.41, 5.74) is 5.38. The lowest BCUT2D eigenvalue weighted by Gasteiger charge is -2.10. The molecule has 0 heterocycles. The molecule has 7 heteroatoms. The molecule has 104 valence electrons. The van der Waals surface area contributed by atoms with Crippen molar-refractivity contribution >= 4 is 17.3 Å². The normalized spacial score (nSPS) is 11.7. The van der Waals surface area contributed by atoms with Crippen LogP contribution in [0.2, 0.25) is 0 Å². The van der Waals surface area contributed by atoms with Crippen molar-refractivity contribution in [1.82, 2.24) is 0 Å². The van der Waals surface area contributed by atoms with Gasteiger partial charge in [-0.1, -0.05) is 6.92 Å². The number of amides is 1. The van der Waals surface area contributed by atoms with E-state index < -0.39 is 4.92 Å². The summed E-state index contributed by atoms with van der Waals surface area (Å²) in [7, 11) is 1.42. The molecular weight excluding hydrogens is 250 g/mol. The van der Waals surface area contributed by atoms with Crippen molar-refractivity contribution in [2.24, 2.45) is 11.7 Å². The number of rotatable bonds is 6. The van der Waals surface area contributed by atoms with Gasteiger partial charge in [0, 0.05) is 6.42 Å². The number of nitro groups is 1. The molecule has 0 aromatic heterocycles. The molecule has 0 aliphatic heterocycles. The van der Waals surface area contributed by atoms with Gasteiger partial charge in [-0.15, -0.1) is 0 Å². The van der Waals surface area contributed by atoms with Crippen LogP contribution in [-0.2, 0) is 4.79 Å². The Morgan fingerprint density at radius 1 is 1.58 bits per heavy atom. The number of anilines is 1. The van der Waals surface area contributed by atoms with Gasteiger partial charge in [-0.3, -0.25) is 14.9 Å². The summed E-state index contributed by atoms with van der Waals surface area (Å²) in [5, 5.41) is 13.4. The van der Waals surface area contributed by atoms with E-state index in [1.54, 1.807) is 6.07 Å². The van der Waals surface area contributed by atoms with E-state index in [0.717, 1.165) is 0 Å². The molecule has 0 aliphatic rings. The van der Waals surface area contributed by atoms with E-state index in [-0.39, 0.29) is 29.6 Å². The third-order valence-corrected chi connectivity index (χ3v) is 2.61. The number of hydrogen-bond acceptors (Lipinski definition) is 5. The molecular formula is C12H17N3O4. The fraction of sp³-hybridized carbons (Fsp3) is 0.417. The SMILES string of the molecule is COc1ccc(NC(=O)CC(C)CN)c([N+](=O)[O-])c1. The maximum atomic E-state index is 11.7. The third-order valence-electron chi connectivity index (χ3n) is 2.61. The summed E-state index contributed by atoms with van der Waals surface area (Å²) in [4.78, 5) is 22.1. The minimum absolute atomic E-state index is 0.0253. The van der Waals surface area contributed by atoms with Gasteiger partial charge < -0.3 is 15.8 Å². The quantitative estimate of drug-likeness (QED) is 0.600. The van der Waals surface area contributed by atoms with Crippen LogP contribution in [0, 0.1) is 16.0 Å². The van der Waals surface area contributed by atoms with E-state index in [1.807, 2.05) is 6.92 Å². The second-order valence-corrected chi connectivity index (χ2v) is 4.23. The van der Waals surface area contributed by atoms with Gasteiger partial charge in [0.1, 0.15) is 11.4 Å². The topological polar surface area (TPSA) is 107 Å². The van der Waals surface area contributed by atoms with Crippen molar-refractivity contribution in [3.8, 4) is 5.75 Å². The van der Waals surface area contributed by atoms with Crippen LogP contribution in [0.1, 0.15) is 13.3 Å². The number of ether oxygens (including phenoxy) is 1. The maximum absolute atomic E-state index is 11.7. The summed E-state index contributed by atoms with van der Waals surface area (Å²) in [5.74, 6) is 0.0866. The maximum Gasteiger partial charge on any atom is 0.296 e. The van der Waals surface area contributed by atoms with E-state index in [1.165, 1.54) is 19.2 Å². The van der Waals surface area contributed by atoms with Gasteiger partial charge in [0.2, 0.25) is 5.91 Å². The largest absolute Gasteiger partial charge is 0.496 e. The van der Waals surface area contributed by atoms with Crippen LogP contribution < -0.4 is 15.8 Å². The molecule has 0 saturated heterocycles. The van der Waals surface area contributed by atoms with Gasteiger partial charge in [-0.2, -0.15) is 0 Å². The van der Waals surface area contributed by atoms with Crippen molar-refractivity contribution < 1.29 is 14.5 Å². The molecule has 7 nitrogen and oxygen atoms in total. The van der Waals surface area contributed by atoms with Gasteiger partial charge in [0.05, 0.1) is 18.1 Å². The molecule has 3 N–H and O–H groups in total. The highest BCUT2D eigenvalue weighted by atomic mass is 16.6. The first-order valence-electron chi connectivity index (χ1n) is 5.80. The highest BCUT2D eigenvalue weighted by Gasteiger charge is 2.17. The molecule has 1 rings (SSSR count). The first kappa shape index (κ1) is 14.9. The molecule has 1 unspecified atom stereocenters. The molecule has 1 atom stereocenters. The van der Waals surface area contributed by atoms with Crippen LogP contribution >= 0.6 is 0 Å². The number of nitro benzene ring substituents is 1. The van der Waals surface area contributed by atoms with Gasteiger partial charge in [0.15, 0.2) is 0 Å². The van der Waals surface area contributed by atoms with Crippen molar-refractivity contribution in [1.29, 1.82) is 0 Å². The van der Waals surface area contributed by atoms with Gasteiger partial charge >= 0.3 is 0 Å². The van der Waals surface area contributed by atoms with E-state index in [2.05, 4.69) is 5.32 Å². The fourth-order valence-electron chi connectivity index (χ4n) is 1.50. The standard InChI is InChI=1S/C12H17N3O4/c1-8(7-13)5-12(16)14-10-4-3-9(19-2)6-11(10)15(17)18/h3-4,6,8H,5,7,13H2,1-2H3,(H,14,16). The molecule has 0 saturated carbocycles. The van der Waals surface area contributed by atoms with E-state index in [4.69, 9.17) is 10.5 Å². The van der Waals surface area contributed by atoms with Crippen LogP contribution in [0.4, 0.5) is 11.4 Å².